The zero-order valence-electron chi connectivity index (χ0n) is 8.26. The Labute approximate surface area is 78.0 Å². The summed E-state index contributed by atoms with van der Waals surface area (Å²) in [4.78, 5) is 7.62. The number of hydrogen-bond donors (Lipinski definition) is 1. The molecule has 0 atom stereocenters. The minimum Gasteiger partial charge on any atom is -0.346 e. The molecule has 2 nitrogen and oxygen atoms in total. The normalized spacial score (nSPS) is 11.4. The van der Waals surface area contributed by atoms with Crippen LogP contribution in [-0.4, -0.2) is 9.97 Å². The lowest BCUT2D eigenvalue weighted by molar-refractivity contribution is 0.875. The number of nitrogens with one attached hydrogen (secondary N) is 1. The van der Waals surface area contributed by atoms with Crippen molar-refractivity contribution in [3.63, 3.8) is 0 Å². The summed E-state index contributed by atoms with van der Waals surface area (Å²) in [6, 6.07) is 4.20. The highest BCUT2D eigenvalue weighted by Gasteiger charge is 2.07. The molecule has 2 aromatic heterocycles. The van der Waals surface area contributed by atoms with Crippen molar-refractivity contribution < 1.29 is 0 Å². The first-order valence-corrected chi connectivity index (χ1v) is 4.63. The fourth-order valence-corrected chi connectivity index (χ4v) is 1.60. The Hall–Kier alpha value is -1.31. The number of aromatic nitrogens is 2. The SMILES string of the molecule is Cc1ccc2c(C(C)C)c[nH]c2n1. The van der Waals surface area contributed by atoms with Gasteiger partial charge in [0.1, 0.15) is 5.65 Å². The number of H-pyrrole nitrogens is 1. The summed E-state index contributed by atoms with van der Waals surface area (Å²) in [5.74, 6) is 0.554. The molecule has 2 heterocycles. The summed E-state index contributed by atoms with van der Waals surface area (Å²) in [5, 5.41) is 1.25. The molecule has 0 aromatic carbocycles. The summed E-state index contributed by atoms with van der Waals surface area (Å²) in [5.41, 5.74) is 3.41. The van der Waals surface area contributed by atoms with E-state index in [0.29, 0.717) is 5.92 Å². The van der Waals surface area contributed by atoms with E-state index in [2.05, 4.69) is 42.1 Å². The van der Waals surface area contributed by atoms with Gasteiger partial charge in [-0.1, -0.05) is 13.8 Å². The highest BCUT2D eigenvalue weighted by molar-refractivity contribution is 5.80. The molecule has 0 saturated heterocycles. The summed E-state index contributed by atoms with van der Waals surface area (Å²) in [6.45, 7) is 6.40. The van der Waals surface area contributed by atoms with Gasteiger partial charge in [-0.2, -0.15) is 0 Å². The summed E-state index contributed by atoms with van der Waals surface area (Å²) in [7, 11) is 0. The minimum absolute atomic E-state index is 0.554. The van der Waals surface area contributed by atoms with E-state index in [-0.39, 0.29) is 0 Å². The molecule has 2 aromatic rings. The molecule has 2 rings (SSSR count). The molecular weight excluding hydrogens is 160 g/mol. The van der Waals surface area contributed by atoms with Crippen LogP contribution in [0.5, 0.6) is 0 Å². The second-order valence-electron chi connectivity index (χ2n) is 3.75. The molecule has 68 valence electrons. The molecule has 0 unspecified atom stereocenters. The van der Waals surface area contributed by atoms with Crippen molar-refractivity contribution in [2.75, 3.05) is 0 Å². The fraction of sp³-hybridized carbons (Fsp3) is 0.364. The van der Waals surface area contributed by atoms with Crippen LogP contribution < -0.4 is 0 Å². The first kappa shape index (κ1) is 8.30. The van der Waals surface area contributed by atoms with E-state index in [1.54, 1.807) is 0 Å². The Morgan fingerprint density at radius 2 is 2.08 bits per heavy atom. The van der Waals surface area contributed by atoms with E-state index in [0.717, 1.165) is 11.3 Å². The molecule has 0 bridgehead atoms. The van der Waals surface area contributed by atoms with Crippen LogP contribution in [0.15, 0.2) is 18.3 Å². The average Bonchev–Trinajstić information content (AvgIpc) is 2.46. The minimum atomic E-state index is 0.554. The predicted octanol–water partition coefficient (Wildman–Crippen LogP) is 2.99. The van der Waals surface area contributed by atoms with Gasteiger partial charge in [-0.15, -0.1) is 0 Å². The smallest absolute Gasteiger partial charge is 0.137 e. The molecule has 0 aliphatic carbocycles. The van der Waals surface area contributed by atoms with Crippen molar-refractivity contribution in [2.45, 2.75) is 26.7 Å². The molecule has 0 fully saturated rings. The van der Waals surface area contributed by atoms with Gasteiger partial charge >= 0.3 is 0 Å². The average molecular weight is 174 g/mol. The van der Waals surface area contributed by atoms with E-state index < -0.39 is 0 Å². The number of aromatic amines is 1. The molecule has 0 radical (unpaired) electrons. The Morgan fingerprint density at radius 3 is 2.77 bits per heavy atom. The third kappa shape index (κ3) is 1.32. The standard InChI is InChI=1S/C11H14N2/c1-7(2)10-6-12-11-9(10)5-4-8(3)13-11/h4-7H,1-3H3,(H,12,13). The van der Waals surface area contributed by atoms with Crippen molar-refractivity contribution in [3.05, 3.63) is 29.6 Å². The lowest BCUT2D eigenvalue weighted by Gasteiger charge is -2.01. The number of pyridine rings is 1. The van der Waals surface area contributed by atoms with Crippen LogP contribution in [0.1, 0.15) is 31.0 Å². The van der Waals surface area contributed by atoms with Crippen molar-refractivity contribution in [2.24, 2.45) is 0 Å². The summed E-state index contributed by atoms with van der Waals surface area (Å²) in [6.07, 6.45) is 2.06. The third-order valence-corrected chi connectivity index (χ3v) is 2.33. The van der Waals surface area contributed by atoms with Gasteiger partial charge in [0.05, 0.1) is 0 Å². The van der Waals surface area contributed by atoms with Gasteiger partial charge in [-0.05, 0) is 30.5 Å². The van der Waals surface area contributed by atoms with Crippen LogP contribution in [-0.2, 0) is 0 Å². The van der Waals surface area contributed by atoms with Gasteiger partial charge in [-0.25, -0.2) is 4.98 Å². The van der Waals surface area contributed by atoms with Crippen LogP contribution in [0.4, 0.5) is 0 Å². The topological polar surface area (TPSA) is 28.7 Å². The van der Waals surface area contributed by atoms with Crippen LogP contribution in [0.3, 0.4) is 0 Å². The number of fused-ring (bicyclic) bond motifs is 1. The van der Waals surface area contributed by atoms with Gasteiger partial charge in [-0.3, -0.25) is 0 Å². The second kappa shape index (κ2) is 2.87. The van der Waals surface area contributed by atoms with Crippen LogP contribution >= 0.6 is 0 Å². The maximum Gasteiger partial charge on any atom is 0.137 e. The molecule has 0 amide bonds. The Morgan fingerprint density at radius 1 is 1.31 bits per heavy atom. The molecule has 0 saturated carbocycles. The third-order valence-electron chi connectivity index (χ3n) is 2.33. The van der Waals surface area contributed by atoms with Gasteiger partial charge in [0.25, 0.3) is 0 Å². The first-order valence-electron chi connectivity index (χ1n) is 4.63. The molecule has 0 aliphatic heterocycles. The Kier molecular flexibility index (Phi) is 1.83. The lowest BCUT2D eigenvalue weighted by Crippen LogP contribution is -1.85. The van der Waals surface area contributed by atoms with Gasteiger partial charge in [0.15, 0.2) is 0 Å². The molecule has 2 heteroatoms. The fourth-order valence-electron chi connectivity index (χ4n) is 1.60. The summed E-state index contributed by atoms with van der Waals surface area (Å²) < 4.78 is 0. The maximum absolute atomic E-state index is 4.42. The molecular formula is C11H14N2. The van der Waals surface area contributed by atoms with Crippen LogP contribution in [0, 0.1) is 6.92 Å². The Balaban J connectivity index is 2.69. The van der Waals surface area contributed by atoms with Crippen molar-refractivity contribution in [1.29, 1.82) is 0 Å². The van der Waals surface area contributed by atoms with Gasteiger partial charge < -0.3 is 4.98 Å². The number of rotatable bonds is 1. The predicted molar refractivity (Wildman–Crippen MR) is 54.9 cm³/mol. The van der Waals surface area contributed by atoms with Crippen molar-refractivity contribution in [3.8, 4) is 0 Å². The molecule has 0 spiro atoms. The lowest BCUT2D eigenvalue weighted by atomic mass is 10.0. The zero-order valence-corrected chi connectivity index (χ0v) is 8.26. The highest BCUT2D eigenvalue weighted by atomic mass is 14.8. The Bertz CT molecular complexity index is 427. The molecule has 0 aliphatic rings. The van der Waals surface area contributed by atoms with Gasteiger partial charge in [0.2, 0.25) is 0 Å². The molecule has 13 heavy (non-hydrogen) atoms. The van der Waals surface area contributed by atoms with E-state index in [1.807, 2.05) is 6.92 Å². The van der Waals surface area contributed by atoms with E-state index in [9.17, 15) is 0 Å². The monoisotopic (exact) mass is 174 g/mol. The largest absolute Gasteiger partial charge is 0.346 e. The van der Waals surface area contributed by atoms with Crippen molar-refractivity contribution >= 4 is 11.0 Å². The van der Waals surface area contributed by atoms with Crippen LogP contribution in [0.2, 0.25) is 0 Å². The molecule has 1 N–H and O–H groups in total. The van der Waals surface area contributed by atoms with E-state index in [1.165, 1.54) is 10.9 Å². The number of nitrogens with zero attached hydrogens (tertiary/aromatic N) is 1. The first-order chi connectivity index (χ1) is 6.18. The highest BCUT2D eigenvalue weighted by Crippen LogP contribution is 2.23. The van der Waals surface area contributed by atoms with E-state index in [4.69, 9.17) is 0 Å². The number of aryl methyl sites for hydroxylation is 1. The second-order valence-corrected chi connectivity index (χ2v) is 3.75. The maximum atomic E-state index is 4.42. The quantitative estimate of drug-likeness (QED) is 0.707. The van der Waals surface area contributed by atoms with Gasteiger partial charge in [0, 0.05) is 17.3 Å². The van der Waals surface area contributed by atoms with Crippen molar-refractivity contribution in [1.82, 2.24) is 9.97 Å². The zero-order chi connectivity index (χ0) is 9.42. The summed E-state index contributed by atoms with van der Waals surface area (Å²) >= 11 is 0. The van der Waals surface area contributed by atoms with Crippen LogP contribution in [0.25, 0.3) is 11.0 Å². The number of hydrogen-bond acceptors (Lipinski definition) is 1. The van der Waals surface area contributed by atoms with E-state index >= 15 is 0 Å².